The van der Waals surface area contributed by atoms with E-state index in [1.54, 1.807) is 0 Å². The number of benzene rings is 3. The molecular weight excluding hydrogens is 455 g/mol. The maximum absolute atomic E-state index is 12.8. The van der Waals surface area contributed by atoms with Crippen molar-refractivity contribution in [3.05, 3.63) is 105 Å². The Kier molecular flexibility index (Phi) is 7.36. The second-order valence-corrected chi connectivity index (χ2v) is 6.90. The molecule has 0 aliphatic rings. The molecule has 0 spiro atoms. The Morgan fingerprint density at radius 3 is 2.41 bits per heavy atom. The maximum atomic E-state index is 12.8. The second kappa shape index (κ2) is 10.4. The molecule has 0 aliphatic heterocycles. The minimum absolute atomic E-state index is 0.133. The number of amides is 1. The van der Waals surface area contributed by atoms with Crippen molar-refractivity contribution >= 4 is 23.8 Å². The van der Waals surface area contributed by atoms with Gasteiger partial charge in [-0.15, -0.1) is 0 Å². The van der Waals surface area contributed by atoms with Crippen LogP contribution < -0.4 is 10.2 Å². The van der Waals surface area contributed by atoms with Crippen LogP contribution in [-0.2, 0) is 17.4 Å². The molecule has 0 bridgehead atoms. The van der Waals surface area contributed by atoms with Crippen molar-refractivity contribution in [3.63, 3.8) is 0 Å². The SMILES string of the molecule is O=C(Cc1cccc(C(F)(F)F)c1)N/N=C\c1ccc(OC(=O)c2ccccc2[N+](=O)[O-])cc1. The number of rotatable bonds is 7. The first-order chi connectivity index (χ1) is 16.1. The van der Waals surface area contributed by atoms with Crippen LogP contribution in [0.25, 0.3) is 0 Å². The molecule has 174 valence electrons. The fourth-order valence-electron chi connectivity index (χ4n) is 2.85. The molecule has 0 radical (unpaired) electrons. The van der Waals surface area contributed by atoms with E-state index >= 15 is 0 Å². The standard InChI is InChI=1S/C23H16F3N3O5/c24-23(25,26)17-5-3-4-16(12-17)13-21(30)28-27-14-15-8-10-18(11-9-15)34-22(31)19-6-1-2-7-20(19)29(32)33/h1-12,14H,13H2,(H,28,30)/b27-14-. The largest absolute Gasteiger partial charge is 0.423 e. The number of carbonyl (C=O) groups is 2. The Morgan fingerprint density at radius 2 is 1.74 bits per heavy atom. The van der Waals surface area contributed by atoms with E-state index in [-0.39, 0.29) is 29.0 Å². The van der Waals surface area contributed by atoms with E-state index in [4.69, 9.17) is 4.74 Å². The van der Waals surface area contributed by atoms with Crippen molar-refractivity contribution in [1.82, 2.24) is 5.43 Å². The van der Waals surface area contributed by atoms with Gasteiger partial charge in [-0.3, -0.25) is 14.9 Å². The average molecular weight is 471 g/mol. The second-order valence-electron chi connectivity index (χ2n) is 6.90. The van der Waals surface area contributed by atoms with Crippen LogP contribution in [-0.4, -0.2) is 23.0 Å². The van der Waals surface area contributed by atoms with Gasteiger partial charge in [0.2, 0.25) is 5.91 Å². The van der Waals surface area contributed by atoms with Gasteiger partial charge < -0.3 is 4.74 Å². The summed E-state index contributed by atoms with van der Waals surface area (Å²) in [7, 11) is 0. The van der Waals surface area contributed by atoms with Crippen molar-refractivity contribution in [2.75, 3.05) is 0 Å². The molecule has 0 unspecified atom stereocenters. The number of alkyl halides is 3. The van der Waals surface area contributed by atoms with Crippen LogP contribution >= 0.6 is 0 Å². The third-order valence-corrected chi connectivity index (χ3v) is 4.43. The lowest BCUT2D eigenvalue weighted by atomic mass is 10.1. The number of carbonyl (C=O) groups excluding carboxylic acids is 2. The zero-order chi connectivity index (χ0) is 24.7. The Hall–Kier alpha value is -4.54. The van der Waals surface area contributed by atoms with Crippen LogP contribution in [0.15, 0.2) is 77.9 Å². The Labute approximate surface area is 190 Å². The van der Waals surface area contributed by atoms with Gasteiger partial charge >= 0.3 is 12.1 Å². The summed E-state index contributed by atoms with van der Waals surface area (Å²) in [4.78, 5) is 34.5. The molecule has 3 rings (SSSR count). The Bertz CT molecular complexity index is 1240. The number of para-hydroxylation sites is 1. The number of ether oxygens (including phenoxy) is 1. The Morgan fingerprint density at radius 1 is 1.03 bits per heavy atom. The predicted molar refractivity (Wildman–Crippen MR) is 115 cm³/mol. The number of nitrogens with one attached hydrogen (secondary N) is 1. The first kappa shape index (κ1) is 24.1. The summed E-state index contributed by atoms with van der Waals surface area (Å²) in [5.74, 6) is -1.37. The molecule has 0 aliphatic carbocycles. The monoisotopic (exact) mass is 471 g/mol. The lowest BCUT2D eigenvalue weighted by molar-refractivity contribution is -0.385. The molecule has 3 aromatic rings. The predicted octanol–water partition coefficient (Wildman–Crippen LogP) is 4.53. The zero-order valence-corrected chi connectivity index (χ0v) is 17.3. The molecule has 1 amide bonds. The van der Waals surface area contributed by atoms with Gasteiger partial charge in [0, 0.05) is 6.07 Å². The number of hydrogen-bond acceptors (Lipinski definition) is 6. The summed E-state index contributed by atoms with van der Waals surface area (Å²) in [5, 5.41) is 14.8. The average Bonchev–Trinajstić information content (AvgIpc) is 2.80. The number of nitrogens with zero attached hydrogens (tertiary/aromatic N) is 2. The molecule has 0 atom stereocenters. The molecule has 34 heavy (non-hydrogen) atoms. The number of nitro groups is 1. The van der Waals surface area contributed by atoms with Crippen LogP contribution in [0.5, 0.6) is 5.75 Å². The molecular formula is C23H16F3N3O5. The summed E-state index contributed by atoms with van der Waals surface area (Å²) in [6.45, 7) is 0. The van der Waals surface area contributed by atoms with E-state index in [0.29, 0.717) is 5.56 Å². The first-order valence-electron chi connectivity index (χ1n) is 9.67. The summed E-state index contributed by atoms with van der Waals surface area (Å²) in [5.41, 5.74) is 1.51. The molecule has 3 aromatic carbocycles. The highest BCUT2D eigenvalue weighted by molar-refractivity contribution is 5.95. The fourth-order valence-corrected chi connectivity index (χ4v) is 2.85. The van der Waals surface area contributed by atoms with Gasteiger partial charge in [0.25, 0.3) is 5.69 Å². The van der Waals surface area contributed by atoms with Gasteiger partial charge in [0.1, 0.15) is 11.3 Å². The highest BCUT2D eigenvalue weighted by Crippen LogP contribution is 2.29. The number of esters is 1. The van der Waals surface area contributed by atoms with Crippen molar-refractivity contribution in [2.45, 2.75) is 12.6 Å². The lowest BCUT2D eigenvalue weighted by Gasteiger charge is -2.08. The quantitative estimate of drug-likeness (QED) is 0.179. The van der Waals surface area contributed by atoms with Crippen LogP contribution in [0.1, 0.15) is 27.0 Å². The molecule has 8 nitrogen and oxygen atoms in total. The van der Waals surface area contributed by atoms with E-state index in [1.165, 1.54) is 66.9 Å². The third-order valence-electron chi connectivity index (χ3n) is 4.43. The molecule has 0 saturated carbocycles. The van der Waals surface area contributed by atoms with Gasteiger partial charge in [0.05, 0.1) is 23.1 Å². The fraction of sp³-hybridized carbons (Fsp3) is 0.0870. The van der Waals surface area contributed by atoms with E-state index in [9.17, 15) is 32.9 Å². The van der Waals surface area contributed by atoms with Crippen LogP contribution in [0, 0.1) is 10.1 Å². The van der Waals surface area contributed by atoms with Crippen molar-refractivity contribution in [2.24, 2.45) is 5.10 Å². The van der Waals surface area contributed by atoms with Crippen LogP contribution in [0.4, 0.5) is 18.9 Å². The number of hydrazone groups is 1. The number of nitro benzene ring substituents is 1. The summed E-state index contributed by atoms with van der Waals surface area (Å²) >= 11 is 0. The van der Waals surface area contributed by atoms with Crippen molar-refractivity contribution in [3.8, 4) is 5.75 Å². The summed E-state index contributed by atoms with van der Waals surface area (Å²) in [6.07, 6.45) is -3.50. The highest BCUT2D eigenvalue weighted by atomic mass is 19.4. The minimum atomic E-state index is -4.50. The normalized spacial score (nSPS) is 11.3. The minimum Gasteiger partial charge on any atom is -0.423 e. The summed E-state index contributed by atoms with van der Waals surface area (Å²) < 4.78 is 43.4. The number of hydrogen-bond donors (Lipinski definition) is 1. The van der Waals surface area contributed by atoms with Gasteiger partial charge in [-0.05, 0) is 47.5 Å². The first-order valence-corrected chi connectivity index (χ1v) is 9.67. The lowest BCUT2D eigenvalue weighted by Crippen LogP contribution is -2.20. The topological polar surface area (TPSA) is 111 Å². The highest BCUT2D eigenvalue weighted by Gasteiger charge is 2.30. The number of halogens is 3. The van der Waals surface area contributed by atoms with Crippen LogP contribution in [0.3, 0.4) is 0 Å². The van der Waals surface area contributed by atoms with E-state index in [2.05, 4.69) is 10.5 Å². The third kappa shape index (κ3) is 6.48. The molecule has 11 heteroatoms. The van der Waals surface area contributed by atoms with Gasteiger partial charge in [-0.25, -0.2) is 10.2 Å². The van der Waals surface area contributed by atoms with Gasteiger partial charge in [0.15, 0.2) is 0 Å². The molecule has 0 aromatic heterocycles. The van der Waals surface area contributed by atoms with E-state index in [1.807, 2.05) is 0 Å². The molecule has 1 N–H and O–H groups in total. The van der Waals surface area contributed by atoms with Crippen molar-refractivity contribution in [1.29, 1.82) is 0 Å². The maximum Gasteiger partial charge on any atom is 0.416 e. The summed E-state index contributed by atoms with van der Waals surface area (Å²) in [6, 6.07) is 15.7. The van der Waals surface area contributed by atoms with Crippen LogP contribution in [0.2, 0.25) is 0 Å². The Balaban J connectivity index is 1.56. The van der Waals surface area contributed by atoms with E-state index < -0.39 is 28.5 Å². The smallest absolute Gasteiger partial charge is 0.416 e. The molecule has 0 heterocycles. The van der Waals surface area contributed by atoms with Gasteiger partial charge in [-0.2, -0.15) is 18.3 Å². The zero-order valence-electron chi connectivity index (χ0n) is 17.3. The molecule has 0 saturated heterocycles. The van der Waals surface area contributed by atoms with Crippen molar-refractivity contribution < 1.29 is 32.4 Å². The van der Waals surface area contributed by atoms with E-state index in [0.717, 1.165) is 12.1 Å². The molecule has 0 fully saturated rings. The van der Waals surface area contributed by atoms with Gasteiger partial charge in [-0.1, -0.05) is 30.3 Å².